The Balaban J connectivity index is 2.09. The lowest BCUT2D eigenvalue weighted by Crippen LogP contribution is -2.39. The van der Waals surface area contributed by atoms with Crippen LogP contribution < -0.4 is 16.0 Å². The van der Waals surface area contributed by atoms with Crippen LogP contribution in [0.4, 0.5) is 11.5 Å². The highest BCUT2D eigenvalue weighted by Gasteiger charge is 2.19. The van der Waals surface area contributed by atoms with Crippen molar-refractivity contribution in [1.82, 2.24) is 4.98 Å². The maximum atomic E-state index is 12.0. The molecular weight excluding hydrogens is 256 g/mol. The van der Waals surface area contributed by atoms with Crippen LogP contribution in [-0.4, -0.2) is 43.2 Å². The summed E-state index contributed by atoms with van der Waals surface area (Å²) in [4.78, 5) is 18.5. The molecule has 1 aliphatic heterocycles. The molecule has 0 saturated carbocycles. The van der Waals surface area contributed by atoms with Crippen molar-refractivity contribution in [1.29, 1.82) is 0 Å². The fourth-order valence-electron chi connectivity index (χ4n) is 2.19. The molecule has 0 spiro atoms. The van der Waals surface area contributed by atoms with Gasteiger partial charge in [-0.2, -0.15) is 0 Å². The van der Waals surface area contributed by atoms with Crippen molar-refractivity contribution in [3.8, 4) is 0 Å². The maximum Gasteiger partial charge on any atom is 0.241 e. The number of hydrogen-bond acceptors (Lipinski definition) is 5. The highest BCUT2D eigenvalue weighted by Crippen LogP contribution is 2.23. The lowest BCUT2D eigenvalue weighted by atomic mass is 10.1. The van der Waals surface area contributed by atoms with E-state index in [1.807, 2.05) is 19.1 Å². The molecule has 1 saturated heterocycles. The quantitative estimate of drug-likeness (QED) is 0.839. The topological polar surface area (TPSA) is 80.5 Å². The predicted octanol–water partition coefficient (Wildman–Crippen LogP) is 0.984. The van der Waals surface area contributed by atoms with Gasteiger partial charge < -0.3 is 20.7 Å². The third kappa shape index (κ3) is 3.68. The van der Waals surface area contributed by atoms with Gasteiger partial charge in [0, 0.05) is 19.3 Å². The van der Waals surface area contributed by atoms with Gasteiger partial charge in [0.1, 0.15) is 0 Å². The number of rotatable bonds is 5. The Morgan fingerprint density at radius 2 is 2.30 bits per heavy atom. The molecule has 1 fully saturated rings. The van der Waals surface area contributed by atoms with Gasteiger partial charge in [-0.15, -0.1) is 0 Å². The van der Waals surface area contributed by atoms with E-state index in [-0.39, 0.29) is 5.91 Å². The van der Waals surface area contributed by atoms with Crippen molar-refractivity contribution in [3.05, 3.63) is 18.3 Å². The van der Waals surface area contributed by atoms with E-state index in [0.717, 1.165) is 25.3 Å². The molecule has 3 N–H and O–H groups in total. The Kier molecular flexibility index (Phi) is 5.31. The number of nitrogens with one attached hydrogen (secondary N) is 1. The molecule has 0 bridgehead atoms. The Hall–Kier alpha value is -1.66. The second-order valence-corrected chi connectivity index (χ2v) is 4.86. The highest BCUT2D eigenvalue weighted by molar-refractivity contribution is 5.97. The molecule has 0 aliphatic carbocycles. The first-order valence-electron chi connectivity index (χ1n) is 7.06. The van der Waals surface area contributed by atoms with Gasteiger partial charge in [0.25, 0.3) is 0 Å². The van der Waals surface area contributed by atoms with Crippen molar-refractivity contribution in [3.63, 3.8) is 0 Å². The second-order valence-electron chi connectivity index (χ2n) is 4.86. The lowest BCUT2D eigenvalue weighted by Gasteiger charge is -2.29. The summed E-state index contributed by atoms with van der Waals surface area (Å²) in [6.07, 6.45) is 3.29. The number of pyridine rings is 1. The Morgan fingerprint density at radius 1 is 1.55 bits per heavy atom. The Morgan fingerprint density at radius 3 is 3.00 bits per heavy atom. The minimum atomic E-state index is -0.474. The minimum Gasteiger partial charge on any atom is -0.378 e. The molecule has 1 unspecified atom stereocenters. The van der Waals surface area contributed by atoms with E-state index in [1.165, 1.54) is 0 Å². The molecule has 2 rings (SSSR count). The predicted molar refractivity (Wildman–Crippen MR) is 78.8 cm³/mol. The monoisotopic (exact) mass is 278 g/mol. The molecule has 6 nitrogen and oxygen atoms in total. The second kappa shape index (κ2) is 7.21. The zero-order valence-corrected chi connectivity index (χ0v) is 11.8. The van der Waals surface area contributed by atoms with Crippen LogP contribution in [0, 0.1) is 0 Å². The molecule has 1 atom stereocenters. The summed E-state index contributed by atoms with van der Waals surface area (Å²) in [5.74, 6) is 0.627. The zero-order valence-electron chi connectivity index (χ0n) is 11.8. The van der Waals surface area contributed by atoms with E-state index in [1.54, 1.807) is 6.20 Å². The zero-order chi connectivity index (χ0) is 14.4. The van der Waals surface area contributed by atoms with Crippen molar-refractivity contribution in [2.75, 3.05) is 36.5 Å². The molecule has 110 valence electrons. The molecular formula is C14H22N4O2. The fraction of sp³-hybridized carbons (Fsp3) is 0.571. The molecule has 1 aromatic heterocycles. The third-order valence-electron chi connectivity index (χ3n) is 3.29. The number of amides is 1. The van der Waals surface area contributed by atoms with Crippen molar-refractivity contribution in [2.24, 2.45) is 5.73 Å². The summed E-state index contributed by atoms with van der Waals surface area (Å²) in [7, 11) is 0. The first-order valence-corrected chi connectivity index (χ1v) is 7.06. The van der Waals surface area contributed by atoms with Crippen LogP contribution in [0.3, 0.4) is 0 Å². The molecule has 6 heteroatoms. The smallest absolute Gasteiger partial charge is 0.241 e. The van der Waals surface area contributed by atoms with Crippen LogP contribution in [0.15, 0.2) is 18.3 Å². The van der Waals surface area contributed by atoms with Gasteiger partial charge in [-0.05, 0) is 18.6 Å². The summed E-state index contributed by atoms with van der Waals surface area (Å²) in [5, 5.41) is 2.88. The minimum absolute atomic E-state index is 0.158. The summed E-state index contributed by atoms with van der Waals surface area (Å²) in [6, 6.07) is 3.19. The molecule has 1 aromatic rings. The number of nitrogens with zero attached hydrogens (tertiary/aromatic N) is 2. The number of carbonyl (C=O) groups is 1. The van der Waals surface area contributed by atoms with E-state index in [9.17, 15) is 4.79 Å². The van der Waals surface area contributed by atoms with Crippen LogP contribution in [-0.2, 0) is 9.53 Å². The van der Waals surface area contributed by atoms with Gasteiger partial charge in [0.2, 0.25) is 5.91 Å². The van der Waals surface area contributed by atoms with Crippen molar-refractivity contribution in [2.45, 2.75) is 25.8 Å². The standard InChI is InChI=1S/C14H22N4O2/c1-2-4-11(15)14(19)17-12-5-3-6-16-13(12)18-7-9-20-10-8-18/h3,5-6,11H,2,4,7-10,15H2,1H3,(H,17,19). The number of anilines is 2. The summed E-state index contributed by atoms with van der Waals surface area (Å²) >= 11 is 0. The van der Waals surface area contributed by atoms with Gasteiger partial charge in [-0.1, -0.05) is 13.3 Å². The Bertz CT molecular complexity index is 447. The fourth-order valence-corrected chi connectivity index (χ4v) is 2.19. The molecule has 20 heavy (non-hydrogen) atoms. The number of morpholine rings is 1. The average molecular weight is 278 g/mol. The number of hydrogen-bond donors (Lipinski definition) is 2. The molecule has 0 aromatic carbocycles. The number of aromatic nitrogens is 1. The van der Waals surface area contributed by atoms with Gasteiger partial charge in [0.15, 0.2) is 5.82 Å². The van der Waals surface area contributed by atoms with Gasteiger partial charge in [-0.25, -0.2) is 4.98 Å². The normalized spacial score (nSPS) is 16.8. The van der Waals surface area contributed by atoms with Crippen LogP contribution >= 0.6 is 0 Å². The summed E-state index contributed by atoms with van der Waals surface area (Å²) in [6.45, 7) is 4.93. The van der Waals surface area contributed by atoms with E-state index >= 15 is 0 Å². The van der Waals surface area contributed by atoms with E-state index < -0.39 is 6.04 Å². The Labute approximate surface area is 119 Å². The highest BCUT2D eigenvalue weighted by atomic mass is 16.5. The summed E-state index contributed by atoms with van der Waals surface area (Å²) < 4.78 is 5.34. The van der Waals surface area contributed by atoms with E-state index in [0.29, 0.717) is 25.3 Å². The van der Waals surface area contributed by atoms with E-state index in [4.69, 9.17) is 10.5 Å². The SMILES string of the molecule is CCCC(N)C(=O)Nc1cccnc1N1CCOCC1. The van der Waals surface area contributed by atoms with Gasteiger partial charge in [0.05, 0.1) is 24.9 Å². The summed E-state index contributed by atoms with van der Waals surface area (Å²) in [5.41, 5.74) is 6.55. The van der Waals surface area contributed by atoms with Crippen LogP contribution in [0.1, 0.15) is 19.8 Å². The largest absolute Gasteiger partial charge is 0.378 e. The van der Waals surface area contributed by atoms with Crippen LogP contribution in [0.2, 0.25) is 0 Å². The number of nitrogens with two attached hydrogens (primary N) is 1. The maximum absolute atomic E-state index is 12.0. The molecule has 1 aliphatic rings. The first-order chi connectivity index (χ1) is 9.72. The van der Waals surface area contributed by atoms with E-state index in [2.05, 4.69) is 15.2 Å². The molecule has 1 amide bonds. The average Bonchev–Trinajstić information content (AvgIpc) is 2.49. The number of ether oxygens (including phenoxy) is 1. The molecule has 2 heterocycles. The van der Waals surface area contributed by atoms with Crippen molar-refractivity contribution < 1.29 is 9.53 Å². The van der Waals surface area contributed by atoms with Crippen LogP contribution in [0.25, 0.3) is 0 Å². The molecule has 0 radical (unpaired) electrons. The first kappa shape index (κ1) is 14.7. The van der Waals surface area contributed by atoms with Crippen molar-refractivity contribution >= 4 is 17.4 Å². The van der Waals surface area contributed by atoms with Crippen LogP contribution in [0.5, 0.6) is 0 Å². The van der Waals surface area contributed by atoms with Gasteiger partial charge >= 0.3 is 0 Å². The van der Waals surface area contributed by atoms with Gasteiger partial charge in [-0.3, -0.25) is 4.79 Å². The number of carbonyl (C=O) groups excluding carboxylic acids is 1. The third-order valence-corrected chi connectivity index (χ3v) is 3.29. The lowest BCUT2D eigenvalue weighted by molar-refractivity contribution is -0.117.